The predicted octanol–water partition coefficient (Wildman–Crippen LogP) is 11.4. The van der Waals surface area contributed by atoms with Crippen molar-refractivity contribution in [2.24, 2.45) is 0 Å². The molecule has 3 amide bonds. The highest BCUT2D eigenvalue weighted by atomic mass is 32.2. The smallest absolute Gasteiger partial charge is 0.466 e. The zero-order valence-electron chi connectivity index (χ0n) is 54.7. The fraction of sp³-hybridized carbons (Fsp3) is 0.629. The van der Waals surface area contributed by atoms with Crippen molar-refractivity contribution in [2.75, 3.05) is 96.4 Å². The van der Waals surface area contributed by atoms with E-state index in [0.29, 0.717) is 70.4 Å². The Morgan fingerprint density at radius 1 is 0.663 bits per heavy atom. The number of amides is 3. The van der Waals surface area contributed by atoms with E-state index in [1.165, 1.54) is 7.05 Å². The van der Waals surface area contributed by atoms with Gasteiger partial charge in [0.1, 0.15) is 6.54 Å². The molecule has 2 aliphatic heterocycles. The lowest BCUT2D eigenvalue weighted by molar-refractivity contribution is -0.438. The van der Waals surface area contributed by atoms with Crippen molar-refractivity contribution in [2.45, 2.75) is 160 Å². The summed E-state index contributed by atoms with van der Waals surface area (Å²) in [6, 6.07) is 10.3. The number of rotatable bonds is 47. The average molecular weight is 1440 g/mol. The number of esters is 1. The van der Waals surface area contributed by atoms with Crippen molar-refractivity contribution < 1.29 is 114 Å². The van der Waals surface area contributed by atoms with Gasteiger partial charge in [-0.15, -0.1) is 4.33 Å². The van der Waals surface area contributed by atoms with Gasteiger partial charge in [-0.1, -0.05) is 56.4 Å². The number of carbonyl (C=O) groups is 4. The van der Waals surface area contributed by atoms with Crippen LogP contribution in [0.3, 0.4) is 0 Å². The molecule has 2 atom stereocenters. The fourth-order valence-corrected chi connectivity index (χ4v) is 14.7. The Morgan fingerprint density at radius 2 is 1.19 bits per heavy atom. The van der Waals surface area contributed by atoms with Gasteiger partial charge in [-0.25, -0.2) is 5.26 Å². The highest BCUT2D eigenvalue weighted by molar-refractivity contribution is 7.94. The molecule has 0 aliphatic carbocycles. The summed E-state index contributed by atoms with van der Waals surface area (Å²) in [5, 5.41) is 19.1. The van der Waals surface area contributed by atoms with Crippen LogP contribution in [0.1, 0.15) is 148 Å². The summed E-state index contributed by atoms with van der Waals surface area (Å²) < 4.78 is 181. The van der Waals surface area contributed by atoms with Crippen LogP contribution in [0.25, 0.3) is 0 Å². The molecule has 0 radical (unpaired) electrons. The van der Waals surface area contributed by atoms with Crippen molar-refractivity contribution in [3.8, 4) is 0 Å². The van der Waals surface area contributed by atoms with Gasteiger partial charge in [-0.3, -0.25) is 32.9 Å². The molecule has 0 saturated carbocycles. The molecule has 0 aromatic heterocycles. The first-order chi connectivity index (χ1) is 44.9. The maximum Gasteiger partial charge on any atom is 0.471 e. The molecule has 536 valence electrons. The van der Waals surface area contributed by atoms with Gasteiger partial charge in [0.15, 0.2) is 5.71 Å². The second-order valence-electron chi connectivity index (χ2n) is 23.4. The van der Waals surface area contributed by atoms with E-state index in [1.54, 1.807) is 43.5 Å². The number of hydrogen-bond acceptors (Lipinski definition) is 19. The quantitative estimate of drug-likeness (QED) is 0.00393. The third kappa shape index (κ3) is 27.3. The van der Waals surface area contributed by atoms with Crippen LogP contribution in [0.4, 0.5) is 37.7 Å². The molecule has 23 nitrogen and oxygen atoms in total. The molecule has 33 heteroatoms. The minimum atomic E-state index is -5.06. The lowest BCUT2D eigenvalue weighted by atomic mass is 9.81. The predicted molar refractivity (Wildman–Crippen MR) is 348 cm³/mol. The first-order valence-corrected chi connectivity index (χ1v) is 37.1. The first kappa shape index (κ1) is 82.4. The SMILES string of the molecule is CNC(=O)CCC(=O)OCCCCCCOP(=O)(OCCCCNC(=O)C(F)(F)F)c1ccc2c(c1)C(C)(C)C(/C=C/C=C/C=C1\N(CCCCS(=O)(=O)O)c3ccc(P(=O)(OCCCCCCOC)OCCCCNC(=O)C(F)(F)F)cc3C1(C)C)=[N+]2CCCSOOO. The Labute approximate surface area is 556 Å². The Balaban J connectivity index is 1.66. The van der Waals surface area contributed by atoms with Crippen LogP contribution < -0.4 is 31.5 Å². The highest BCUT2D eigenvalue weighted by Gasteiger charge is 2.47. The lowest BCUT2D eigenvalue weighted by Gasteiger charge is -2.27. The number of halogens is 6. The number of fused-ring (bicyclic) bond motifs is 2. The Kier molecular flexibility index (Phi) is 34.8. The molecule has 0 saturated heterocycles. The molecule has 0 bridgehead atoms. The third-order valence-electron chi connectivity index (χ3n) is 15.5. The molecule has 5 N–H and O–H groups in total. The van der Waals surface area contributed by atoms with Crippen molar-refractivity contribution in [3.63, 3.8) is 0 Å². The third-order valence-corrected chi connectivity index (χ3v) is 20.8. The number of alkyl halides is 6. The first-order valence-electron chi connectivity index (χ1n) is 31.5. The number of allylic oxidation sites excluding steroid dienone is 6. The number of nitrogens with zero attached hydrogens (tertiary/aromatic N) is 2. The van der Waals surface area contributed by atoms with Crippen LogP contribution in [-0.4, -0.2) is 156 Å². The van der Waals surface area contributed by atoms with Gasteiger partial charge in [0.2, 0.25) is 11.6 Å². The number of benzene rings is 2. The summed E-state index contributed by atoms with van der Waals surface area (Å²) in [6.07, 6.45) is 5.73. The van der Waals surface area contributed by atoms with Crippen LogP contribution in [0, 0.1) is 0 Å². The van der Waals surface area contributed by atoms with Crippen LogP contribution in [0.5, 0.6) is 0 Å². The normalized spacial score (nSPS) is 16.3. The maximum absolute atomic E-state index is 15.0. The van der Waals surface area contributed by atoms with Gasteiger partial charge >= 0.3 is 45.3 Å². The minimum Gasteiger partial charge on any atom is -0.466 e. The molecule has 2 unspecified atom stereocenters. The van der Waals surface area contributed by atoms with Crippen molar-refractivity contribution >= 4 is 88.7 Å². The summed E-state index contributed by atoms with van der Waals surface area (Å²) in [6.45, 7) is 8.47. The van der Waals surface area contributed by atoms with E-state index in [-0.39, 0.29) is 108 Å². The van der Waals surface area contributed by atoms with Gasteiger partial charge in [0.05, 0.1) is 61.2 Å². The van der Waals surface area contributed by atoms with Crippen LogP contribution in [-0.2, 0) is 86.2 Å². The molecule has 2 heterocycles. The Bertz CT molecular complexity index is 3170. The van der Waals surface area contributed by atoms with E-state index in [2.05, 4.69) is 19.3 Å². The summed E-state index contributed by atoms with van der Waals surface area (Å²) in [5.41, 5.74) is 2.96. The molecular formula is C62H92F6N5O18P2S2+. The van der Waals surface area contributed by atoms with E-state index in [0.717, 1.165) is 65.2 Å². The monoisotopic (exact) mass is 1430 g/mol. The van der Waals surface area contributed by atoms with Crippen molar-refractivity contribution in [3.05, 3.63) is 83.6 Å². The van der Waals surface area contributed by atoms with Crippen LogP contribution in [0.15, 0.2) is 72.5 Å². The average Bonchev–Trinajstić information content (AvgIpc) is 1.60. The molecular weight excluding hydrogens is 1340 g/mol. The Morgan fingerprint density at radius 3 is 1.72 bits per heavy atom. The second-order valence-corrected chi connectivity index (χ2v) is 29.8. The second kappa shape index (κ2) is 40.2. The highest BCUT2D eigenvalue weighted by Crippen LogP contribution is 2.53. The summed E-state index contributed by atoms with van der Waals surface area (Å²) in [4.78, 5) is 48.3. The molecule has 0 fully saturated rings. The number of methoxy groups -OCH3 is 1. The van der Waals surface area contributed by atoms with Crippen LogP contribution in [0.2, 0.25) is 0 Å². The molecule has 0 spiro atoms. The number of hydrogen-bond donors (Lipinski definition) is 5. The Hall–Kier alpha value is -5.01. The van der Waals surface area contributed by atoms with E-state index in [1.807, 2.05) is 73.6 Å². The summed E-state index contributed by atoms with van der Waals surface area (Å²) in [7, 11) is -9.42. The molecule has 2 aromatic carbocycles. The standard InChI is InChI=1S/C62H91F6N5O18P2S2/c1-59(2)49-45-47(92(79,86-39-19-9-7-17-37-84-6)88-41-21-14-33-70-57(76)61(63,64)65)27-29-51(49)72(35-16-23-44-95(81,82)83)53(59)25-12-11-13-26-54-60(3,4)50-46-48(28-30-52(50)73(54)36-24-43-94-91-90-78)93(80,89-42-22-15-34-71-58(77)62(66,67)68)87-40-20-10-8-18-38-85-56(75)32-31-55(74)69-5/h11-13,25-30,45-46H,7-10,14-24,31-44H2,1-6H3,(H4-,69,70,71,74,76,77,78,81,82,83)/p+1. The number of ether oxygens (including phenoxy) is 2. The number of anilines is 1. The van der Waals surface area contributed by atoms with Gasteiger partial charge in [0.25, 0.3) is 10.1 Å². The molecule has 4 rings (SSSR count). The summed E-state index contributed by atoms with van der Waals surface area (Å²) in [5.74, 6) is -5.00. The zero-order valence-corrected chi connectivity index (χ0v) is 58.1. The number of nitrogens with one attached hydrogen (secondary N) is 3. The van der Waals surface area contributed by atoms with Gasteiger partial charge in [-0.2, -0.15) is 39.3 Å². The zero-order chi connectivity index (χ0) is 70.4. The maximum atomic E-state index is 15.0. The number of carbonyl (C=O) groups excluding carboxylic acids is 4. The number of unbranched alkanes of at least 4 members (excludes halogenated alkanes) is 9. The molecule has 95 heavy (non-hydrogen) atoms. The van der Waals surface area contributed by atoms with E-state index in [4.69, 9.17) is 32.8 Å². The van der Waals surface area contributed by atoms with Gasteiger partial charge in [0, 0.05) is 106 Å². The minimum absolute atomic E-state index is 0.00988. The van der Waals surface area contributed by atoms with E-state index in [9.17, 15) is 67.6 Å². The van der Waals surface area contributed by atoms with E-state index < -0.39 is 72.0 Å². The van der Waals surface area contributed by atoms with Crippen LogP contribution >= 0.6 is 27.2 Å². The fourth-order valence-electron chi connectivity index (χ4n) is 10.4. The molecule has 2 aliphatic rings. The lowest BCUT2D eigenvalue weighted by Crippen LogP contribution is -2.37. The summed E-state index contributed by atoms with van der Waals surface area (Å²) >= 11 is 0.887. The van der Waals surface area contributed by atoms with E-state index >= 15 is 0 Å². The van der Waals surface area contributed by atoms with Gasteiger partial charge in [-0.05, 0) is 126 Å². The van der Waals surface area contributed by atoms with Crippen molar-refractivity contribution in [1.82, 2.24) is 16.0 Å². The largest absolute Gasteiger partial charge is 0.471 e. The topological polar surface area (TPSA) is 293 Å². The molecule has 2 aromatic rings. The van der Waals surface area contributed by atoms with Crippen molar-refractivity contribution in [1.29, 1.82) is 0 Å². The van der Waals surface area contributed by atoms with Gasteiger partial charge < -0.3 is 48.4 Å².